The van der Waals surface area contributed by atoms with Crippen molar-refractivity contribution in [1.29, 1.82) is 0 Å². The molecule has 21 heavy (non-hydrogen) atoms. The van der Waals surface area contributed by atoms with E-state index >= 15 is 0 Å². The lowest BCUT2D eigenvalue weighted by molar-refractivity contribution is 0.174. The number of nitrogens with one attached hydrogen (secondary N) is 1. The monoisotopic (exact) mass is 327 g/mol. The first-order valence-electron chi connectivity index (χ1n) is 6.35. The Morgan fingerprint density at radius 3 is 2.52 bits per heavy atom. The van der Waals surface area contributed by atoms with Crippen molar-refractivity contribution in [3.05, 3.63) is 51.8 Å². The van der Waals surface area contributed by atoms with Gasteiger partial charge in [-0.3, -0.25) is 0 Å². The normalized spacial score (nSPS) is 14.1. The summed E-state index contributed by atoms with van der Waals surface area (Å²) in [5.41, 5.74) is 1.49. The molecule has 2 aromatic carbocycles. The SMILES string of the molecule is CC(Nc1cc2c(cc1Cl)OCO2)c1ccc(F)cc1Cl. The largest absolute Gasteiger partial charge is 0.454 e. The smallest absolute Gasteiger partial charge is 0.231 e. The van der Waals surface area contributed by atoms with Gasteiger partial charge in [0.1, 0.15) is 5.82 Å². The van der Waals surface area contributed by atoms with E-state index in [1.165, 1.54) is 12.1 Å². The van der Waals surface area contributed by atoms with Gasteiger partial charge in [0.05, 0.1) is 16.8 Å². The summed E-state index contributed by atoms with van der Waals surface area (Å²) in [7, 11) is 0. The molecule has 0 radical (unpaired) electrons. The van der Waals surface area contributed by atoms with Crippen molar-refractivity contribution in [1.82, 2.24) is 0 Å². The molecule has 1 N–H and O–H groups in total. The van der Waals surface area contributed by atoms with Gasteiger partial charge < -0.3 is 14.8 Å². The van der Waals surface area contributed by atoms with E-state index in [4.69, 9.17) is 32.7 Å². The molecule has 0 fully saturated rings. The van der Waals surface area contributed by atoms with E-state index in [1.807, 2.05) is 6.92 Å². The summed E-state index contributed by atoms with van der Waals surface area (Å²) in [5.74, 6) is 0.898. The molecule has 3 rings (SSSR count). The third-order valence-corrected chi connectivity index (χ3v) is 3.90. The molecule has 1 heterocycles. The quantitative estimate of drug-likeness (QED) is 0.857. The average Bonchev–Trinajstić information content (AvgIpc) is 2.86. The fraction of sp³-hybridized carbons (Fsp3) is 0.200. The van der Waals surface area contributed by atoms with E-state index in [2.05, 4.69) is 5.32 Å². The summed E-state index contributed by atoms with van der Waals surface area (Å²) in [5, 5.41) is 4.13. The van der Waals surface area contributed by atoms with Crippen LogP contribution >= 0.6 is 23.2 Å². The number of rotatable bonds is 3. The third-order valence-electron chi connectivity index (χ3n) is 3.26. The van der Waals surface area contributed by atoms with Crippen LogP contribution < -0.4 is 14.8 Å². The number of ether oxygens (including phenoxy) is 2. The molecular formula is C15H12Cl2FNO2. The second-order valence-electron chi connectivity index (χ2n) is 4.72. The summed E-state index contributed by atoms with van der Waals surface area (Å²) in [6, 6.07) is 7.65. The minimum atomic E-state index is -0.364. The van der Waals surface area contributed by atoms with E-state index in [9.17, 15) is 4.39 Å². The highest BCUT2D eigenvalue weighted by molar-refractivity contribution is 6.33. The lowest BCUT2D eigenvalue weighted by Crippen LogP contribution is -2.07. The maximum absolute atomic E-state index is 13.1. The summed E-state index contributed by atoms with van der Waals surface area (Å²) < 4.78 is 23.7. The van der Waals surface area contributed by atoms with Crippen molar-refractivity contribution in [2.45, 2.75) is 13.0 Å². The standard InChI is InChI=1S/C15H12Cl2FNO2/c1-8(10-3-2-9(18)4-11(10)16)19-13-6-15-14(5-12(13)17)20-7-21-15/h2-6,8,19H,7H2,1H3. The van der Waals surface area contributed by atoms with E-state index in [1.54, 1.807) is 18.2 Å². The predicted molar refractivity (Wildman–Crippen MR) is 81.0 cm³/mol. The maximum Gasteiger partial charge on any atom is 0.231 e. The molecule has 0 saturated heterocycles. The Kier molecular flexibility index (Phi) is 3.83. The highest BCUT2D eigenvalue weighted by Crippen LogP contribution is 2.40. The van der Waals surface area contributed by atoms with Crippen molar-refractivity contribution in [3.8, 4) is 11.5 Å². The van der Waals surface area contributed by atoms with Crippen LogP contribution in [0, 0.1) is 5.82 Å². The lowest BCUT2D eigenvalue weighted by Gasteiger charge is -2.18. The zero-order valence-corrected chi connectivity index (χ0v) is 12.6. The molecule has 1 unspecified atom stereocenters. The van der Waals surface area contributed by atoms with Crippen LogP contribution in [0.1, 0.15) is 18.5 Å². The van der Waals surface area contributed by atoms with Gasteiger partial charge in [-0.25, -0.2) is 4.39 Å². The van der Waals surface area contributed by atoms with E-state index in [0.29, 0.717) is 27.2 Å². The highest BCUT2D eigenvalue weighted by atomic mass is 35.5. The molecule has 0 bridgehead atoms. The first kappa shape index (κ1) is 14.3. The molecule has 1 aliphatic rings. The van der Waals surface area contributed by atoms with Crippen LogP contribution in [0.3, 0.4) is 0 Å². The molecule has 0 aromatic heterocycles. The summed E-state index contributed by atoms with van der Waals surface area (Å²) in [6.45, 7) is 2.11. The van der Waals surface area contributed by atoms with Gasteiger partial charge in [0.2, 0.25) is 6.79 Å². The third kappa shape index (κ3) is 2.87. The molecule has 2 aromatic rings. The fourth-order valence-corrected chi connectivity index (χ4v) is 2.73. The van der Waals surface area contributed by atoms with Crippen LogP contribution in [-0.2, 0) is 0 Å². The first-order chi connectivity index (χ1) is 10.0. The Hall–Kier alpha value is -1.65. The second-order valence-corrected chi connectivity index (χ2v) is 5.53. The molecule has 110 valence electrons. The van der Waals surface area contributed by atoms with E-state index in [0.717, 1.165) is 5.56 Å². The predicted octanol–water partition coefficient (Wildman–Crippen LogP) is 5.03. The minimum Gasteiger partial charge on any atom is -0.454 e. The molecule has 1 aliphatic heterocycles. The van der Waals surface area contributed by atoms with Crippen molar-refractivity contribution in [2.75, 3.05) is 12.1 Å². The molecule has 1 atom stereocenters. The van der Waals surface area contributed by atoms with Crippen molar-refractivity contribution < 1.29 is 13.9 Å². The van der Waals surface area contributed by atoms with Crippen molar-refractivity contribution in [2.24, 2.45) is 0 Å². The lowest BCUT2D eigenvalue weighted by atomic mass is 10.1. The Morgan fingerprint density at radius 2 is 1.81 bits per heavy atom. The van der Waals surface area contributed by atoms with Crippen LogP contribution in [0.5, 0.6) is 11.5 Å². The van der Waals surface area contributed by atoms with E-state index < -0.39 is 0 Å². The Balaban J connectivity index is 1.86. The van der Waals surface area contributed by atoms with Gasteiger partial charge in [-0.05, 0) is 24.6 Å². The molecule has 6 heteroatoms. The first-order valence-corrected chi connectivity index (χ1v) is 7.11. The summed E-state index contributed by atoms with van der Waals surface area (Å²) in [6.07, 6.45) is 0. The number of hydrogen-bond acceptors (Lipinski definition) is 3. The minimum absolute atomic E-state index is 0.143. The van der Waals surface area contributed by atoms with Gasteiger partial charge in [0.15, 0.2) is 11.5 Å². The number of anilines is 1. The van der Waals surface area contributed by atoms with Gasteiger partial charge in [-0.1, -0.05) is 29.3 Å². The van der Waals surface area contributed by atoms with Gasteiger partial charge >= 0.3 is 0 Å². The van der Waals surface area contributed by atoms with Crippen LogP contribution in [0.4, 0.5) is 10.1 Å². The zero-order valence-electron chi connectivity index (χ0n) is 11.1. The fourth-order valence-electron chi connectivity index (χ4n) is 2.19. The van der Waals surface area contributed by atoms with Gasteiger partial charge in [-0.2, -0.15) is 0 Å². The number of benzene rings is 2. The average molecular weight is 328 g/mol. The molecule has 3 nitrogen and oxygen atoms in total. The Bertz CT molecular complexity index is 694. The molecule has 0 saturated carbocycles. The van der Waals surface area contributed by atoms with Crippen molar-refractivity contribution >= 4 is 28.9 Å². The van der Waals surface area contributed by atoms with Crippen LogP contribution in [-0.4, -0.2) is 6.79 Å². The topological polar surface area (TPSA) is 30.5 Å². The van der Waals surface area contributed by atoms with Gasteiger partial charge in [-0.15, -0.1) is 0 Å². The zero-order chi connectivity index (χ0) is 15.0. The number of hydrogen-bond donors (Lipinski definition) is 1. The maximum atomic E-state index is 13.1. The number of fused-ring (bicyclic) bond motifs is 1. The number of halogens is 3. The highest BCUT2D eigenvalue weighted by Gasteiger charge is 2.18. The molecule has 0 spiro atoms. The Morgan fingerprint density at radius 1 is 1.10 bits per heavy atom. The van der Waals surface area contributed by atoms with Gasteiger partial charge in [0.25, 0.3) is 0 Å². The molecule has 0 amide bonds. The summed E-state index contributed by atoms with van der Waals surface area (Å²) in [4.78, 5) is 0. The second kappa shape index (κ2) is 5.62. The Labute approximate surface area is 131 Å². The van der Waals surface area contributed by atoms with E-state index in [-0.39, 0.29) is 18.7 Å². The van der Waals surface area contributed by atoms with Crippen molar-refractivity contribution in [3.63, 3.8) is 0 Å². The van der Waals surface area contributed by atoms with Crippen LogP contribution in [0.25, 0.3) is 0 Å². The van der Waals surface area contributed by atoms with Crippen LogP contribution in [0.2, 0.25) is 10.0 Å². The molecular weight excluding hydrogens is 316 g/mol. The van der Waals surface area contributed by atoms with Gasteiger partial charge in [0, 0.05) is 17.2 Å². The molecule has 0 aliphatic carbocycles. The van der Waals surface area contributed by atoms with Crippen LogP contribution in [0.15, 0.2) is 30.3 Å². The summed E-state index contributed by atoms with van der Waals surface area (Å²) >= 11 is 12.3.